The molecule has 1 fully saturated rings. The number of carbonyl (C=O) groups is 2. The maximum atomic E-state index is 12.1. The van der Waals surface area contributed by atoms with Crippen LogP contribution in [0.4, 0.5) is 0 Å². The predicted molar refractivity (Wildman–Crippen MR) is 68.6 cm³/mol. The molecule has 0 aromatic heterocycles. The summed E-state index contributed by atoms with van der Waals surface area (Å²) in [4.78, 5) is 23.3. The zero-order chi connectivity index (χ0) is 14.3. The van der Waals surface area contributed by atoms with Crippen LogP contribution < -0.4 is 5.32 Å². The fraction of sp³-hybridized carbons (Fsp3) is 0.846. The van der Waals surface area contributed by atoms with Crippen molar-refractivity contribution < 1.29 is 24.5 Å². The van der Waals surface area contributed by atoms with Crippen molar-refractivity contribution in [3.63, 3.8) is 0 Å². The van der Waals surface area contributed by atoms with E-state index in [-0.39, 0.29) is 18.6 Å². The molecule has 1 aliphatic carbocycles. The Morgan fingerprint density at radius 2 is 1.95 bits per heavy atom. The summed E-state index contributed by atoms with van der Waals surface area (Å²) in [5.41, 5.74) is 0. The van der Waals surface area contributed by atoms with Gasteiger partial charge in [-0.05, 0) is 19.3 Å². The largest absolute Gasteiger partial charge is 0.481 e. The summed E-state index contributed by atoms with van der Waals surface area (Å²) in [6, 6.07) is -0.371. The number of nitrogens with one attached hydrogen (secondary N) is 1. The second-order valence-electron chi connectivity index (χ2n) is 5.01. The number of hydrogen-bond donors (Lipinski definition) is 3. The van der Waals surface area contributed by atoms with Gasteiger partial charge in [-0.1, -0.05) is 12.8 Å². The molecule has 1 amide bonds. The molecule has 3 unspecified atom stereocenters. The molecule has 0 saturated heterocycles. The molecule has 0 spiro atoms. The van der Waals surface area contributed by atoms with Crippen LogP contribution in [0, 0.1) is 11.8 Å². The number of aliphatic carboxylic acids is 1. The van der Waals surface area contributed by atoms with Crippen LogP contribution >= 0.6 is 0 Å². The maximum Gasteiger partial charge on any atom is 0.307 e. The van der Waals surface area contributed by atoms with E-state index in [2.05, 4.69) is 5.32 Å². The zero-order valence-electron chi connectivity index (χ0n) is 11.3. The molecule has 1 rings (SSSR count). The predicted octanol–water partition coefficient (Wildman–Crippen LogP) is 0.391. The second-order valence-corrected chi connectivity index (χ2v) is 5.01. The minimum absolute atomic E-state index is 0.167. The number of carboxylic acids is 1. The smallest absolute Gasteiger partial charge is 0.307 e. The molecule has 0 aromatic carbocycles. The quantitative estimate of drug-likeness (QED) is 0.623. The lowest BCUT2D eigenvalue weighted by molar-refractivity contribution is -0.149. The summed E-state index contributed by atoms with van der Waals surface area (Å²) >= 11 is 0. The minimum atomic E-state index is -0.905. The fourth-order valence-electron chi connectivity index (χ4n) is 2.52. The lowest BCUT2D eigenvalue weighted by Crippen LogP contribution is -2.45. The maximum absolute atomic E-state index is 12.1. The van der Waals surface area contributed by atoms with Crippen molar-refractivity contribution in [2.75, 3.05) is 20.3 Å². The first-order valence-electron chi connectivity index (χ1n) is 6.73. The van der Waals surface area contributed by atoms with Crippen molar-refractivity contribution in [3.05, 3.63) is 0 Å². The summed E-state index contributed by atoms with van der Waals surface area (Å²) in [6.07, 6.45) is 3.40. The van der Waals surface area contributed by atoms with Crippen molar-refractivity contribution >= 4 is 11.9 Å². The molecule has 6 heteroatoms. The Bertz CT molecular complexity index is 307. The number of aliphatic hydroxyl groups excluding tert-OH is 1. The lowest BCUT2D eigenvalue weighted by Gasteiger charge is -2.29. The van der Waals surface area contributed by atoms with Crippen molar-refractivity contribution in [2.45, 2.75) is 38.1 Å². The average Bonchev–Trinajstić information content (AvgIpc) is 2.43. The first kappa shape index (κ1) is 15.9. The van der Waals surface area contributed by atoms with Gasteiger partial charge in [-0.15, -0.1) is 0 Å². The van der Waals surface area contributed by atoms with Gasteiger partial charge in [0.2, 0.25) is 5.91 Å². The second kappa shape index (κ2) is 8.12. The van der Waals surface area contributed by atoms with Gasteiger partial charge in [-0.2, -0.15) is 0 Å². The average molecular weight is 273 g/mol. The third kappa shape index (κ3) is 4.80. The highest BCUT2D eigenvalue weighted by atomic mass is 16.5. The zero-order valence-corrected chi connectivity index (χ0v) is 11.3. The van der Waals surface area contributed by atoms with E-state index >= 15 is 0 Å². The Morgan fingerprint density at radius 3 is 2.47 bits per heavy atom. The molecule has 3 atom stereocenters. The number of ether oxygens (including phenoxy) is 1. The molecule has 0 aliphatic heterocycles. The summed E-state index contributed by atoms with van der Waals surface area (Å²) in [5, 5.41) is 21.1. The van der Waals surface area contributed by atoms with E-state index in [0.29, 0.717) is 25.9 Å². The van der Waals surface area contributed by atoms with E-state index in [0.717, 1.165) is 12.8 Å². The van der Waals surface area contributed by atoms with Gasteiger partial charge >= 0.3 is 5.97 Å². The number of hydrogen-bond acceptors (Lipinski definition) is 4. The van der Waals surface area contributed by atoms with E-state index in [4.69, 9.17) is 9.84 Å². The molecule has 110 valence electrons. The Kier molecular flexibility index (Phi) is 6.80. The Labute approximate surface area is 113 Å². The topological polar surface area (TPSA) is 95.9 Å². The van der Waals surface area contributed by atoms with Crippen LogP contribution in [0.1, 0.15) is 32.1 Å². The minimum Gasteiger partial charge on any atom is -0.481 e. The standard InChI is InChI=1S/C13H23NO5/c1-19-7-6-9(8-15)14-12(16)10-4-2-3-5-11(10)13(17)18/h9-11,15H,2-8H2,1H3,(H,14,16)(H,17,18). The SMILES string of the molecule is COCCC(CO)NC(=O)C1CCCCC1C(=O)O. The molecule has 0 heterocycles. The van der Waals surface area contributed by atoms with Gasteiger partial charge in [0.25, 0.3) is 0 Å². The highest BCUT2D eigenvalue weighted by molar-refractivity contribution is 5.85. The van der Waals surface area contributed by atoms with E-state index in [1.54, 1.807) is 7.11 Å². The van der Waals surface area contributed by atoms with Crippen LogP contribution in [0.2, 0.25) is 0 Å². The summed E-state index contributed by atoms with van der Waals surface area (Å²) in [7, 11) is 1.55. The molecule has 6 nitrogen and oxygen atoms in total. The number of amides is 1. The van der Waals surface area contributed by atoms with E-state index in [1.165, 1.54) is 0 Å². The molecule has 3 N–H and O–H groups in total. The number of aliphatic hydroxyl groups is 1. The fourth-order valence-corrected chi connectivity index (χ4v) is 2.52. The monoisotopic (exact) mass is 273 g/mol. The van der Waals surface area contributed by atoms with E-state index < -0.39 is 17.8 Å². The molecule has 1 saturated carbocycles. The van der Waals surface area contributed by atoms with Crippen molar-refractivity contribution in [3.8, 4) is 0 Å². The van der Waals surface area contributed by atoms with Gasteiger partial charge in [0.05, 0.1) is 24.5 Å². The van der Waals surface area contributed by atoms with E-state index in [1.807, 2.05) is 0 Å². The Morgan fingerprint density at radius 1 is 1.32 bits per heavy atom. The molecule has 0 radical (unpaired) electrons. The first-order chi connectivity index (χ1) is 9.10. The third-order valence-electron chi connectivity index (χ3n) is 3.66. The third-order valence-corrected chi connectivity index (χ3v) is 3.66. The van der Waals surface area contributed by atoms with Crippen LogP contribution in [0.3, 0.4) is 0 Å². The van der Waals surface area contributed by atoms with Gasteiger partial charge in [-0.3, -0.25) is 9.59 Å². The van der Waals surface area contributed by atoms with Crippen LogP contribution in [0.15, 0.2) is 0 Å². The molecule has 0 aromatic rings. The van der Waals surface area contributed by atoms with Crippen LogP contribution in [-0.4, -0.2) is 48.5 Å². The van der Waals surface area contributed by atoms with Gasteiger partial charge in [-0.25, -0.2) is 0 Å². The highest BCUT2D eigenvalue weighted by Crippen LogP contribution is 2.30. The van der Waals surface area contributed by atoms with Crippen molar-refractivity contribution in [1.82, 2.24) is 5.32 Å². The number of carboxylic acid groups (broad SMARTS) is 1. The molecule has 0 bridgehead atoms. The number of rotatable bonds is 7. The lowest BCUT2D eigenvalue weighted by atomic mass is 9.78. The van der Waals surface area contributed by atoms with Gasteiger partial charge in [0, 0.05) is 13.7 Å². The summed E-state index contributed by atoms with van der Waals surface area (Å²) in [6.45, 7) is 0.276. The normalized spacial score (nSPS) is 24.7. The van der Waals surface area contributed by atoms with Crippen molar-refractivity contribution in [1.29, 1.82) is 0 Å². The van der Waals surface area contributed by atoms with Crippen LogP contribution in [0.25, 0.3) is 0 Å². The van der Waals surface area contributed by atoms with Crippen LogP contribution in [0.5, 0.6) is 0 Å². The van der Waals surface area contributed by atoms with Gasteiger partial charge < -0.3 is 20.3 Å². The number of methoxy groups -OCH3 is 1. The molecule has 1 aliphatic rings. The molecule has 19 heavy (non-hydrogen) atoms. The van der Waals surface area contributed by atoms with Crippen LogP contribution in [-0.2, 0) is 14.3 Å². The Hall–Kier alpha value is -1.14. The highest BCUT2D eigenvalue weighted by Gasteiger charge is 2.36. The van der Waals surface area contributed by atoms with Crippen molar-refractivity contribution in [2.24, 2.45) is 11.8 Å². The molecular weight excluding hydrogens is 250 g/mol. The summed E-state index contributed by atoms with van der Waals surface area (Å²) < 4.78 is 4.90. The van der Waals surface area contributed by atoms with Gasteiger partial charge in [0.1, 0.15) is 0 Å². The summed E-state index contributed by atoms with van der Waals surface area (Å²) in [5.74, 6) is -2.25. The number of carbonyl (C=O) groups excluding carboxylic acids is 1. The Balaban J connectivity index is 2.56. The first-order valence-corrected chi connectivity index (χ1v) is 6.73. The van der Waals surface area contributed by atoms with E-state index in [9.17, 15) is 14.7 Å². The molecular formula is C13H23NO5. The van der Waals surface area contributed by atoms with Gasteiger partial charge in [0.15, 0.2) is 0 Å².